The van der Waals surface area contributed by atoms with Crippen LogP contribution >= 0.6 is 11.8 Å². The number of hydrogen-bond acceptors (Lipinski definition) is 4. The summed E-state index contributed by atoms with van der Waals surface area (Å²) in [6.07, 6.45) is 6.26. The number of rotatable bonds is 4. The molecular weight excluding hydrogens is 374 g/mol. The highest BCUT2D eigenvalue weighted by Crippen LogP contribution is 2.37. The fourth-order valence-corrected chi connectivity index (χ4v) is 5.76. The summed E-state index contributed by atoms with van der Waals surface area (Å²) in [6, 6.07) is 7.11. The second-order valence-corrected chi connectivity index (χ2v) is 9.39. The first kappa shape index (κ1) is 19.3. The van der Waals surface area contributed by atoms with Crippen LogP contribution in [-0.2, 0) is 4.79 Å². The highest BCUT2D eigenvalue weighted by atomic mass is 32.2. The standard InChI is InChI=1S/C21H27N3O3S/c1-21(19(26)22-20(27)23-21)13-28-17-9-5-4-8-16(17)18(25)24-11-10-14-6-2-3-7-15(14)12-24/h4-5,8-9,14-15H,2-3,6-7,10-13H2,1H3,(H2,22,23,26,27)/t14-,15-,21+/m0/s1. The molecular formula is C21H27N3O3S. The SMILES string of the molecule is C[C@]1(CSc2ccccc2C(=O)N2CC[C@@H]3CCCC[C@H]3C2)NC(=O)NC1=O. The van der Waals surface area contributed by atoms with Crippen molar-refractivity contribution >= 4 is 29.6 Å². The number of carbonyl (C=O) groups is 3. The topological polar surface area (TPSA) is 78.5 Å². The summed E-state index contributed by atoms with van der Waals surface area (Å²) in [7, 11) is 0. The maximum atomic E-state index is 13.3. The van der Waals surface area contributed by atoms with Gasteiger partial charge in [-0.15, -0.1) is 11.8 Å². The van der Waals surface area contributed by atoms with Gasteiger partial charge >= 0.3 is 6.03 Å². The Bertz CT molecular complexity index is 799. The van der Waals surface area contributed by atoms with Gasteiger partial charge in [0.25, 0.3) is 11.8 Å². The summed E-state index contributed by atoms with van der Waals surface area (Å²) in [6.45, 7) is 3.40. The van der Waals surface area contributed by atoms with E-state index in [9.17, 15) is 14.4 Å². The van der Waals surface area contributed by atoms with Crippen molar-refractivity contribution in [1.29, 1.82) is 0 Å². The molecule has 2 aliphatic heterocycles. The quantitative estimate of drug-likeness (QED) is 0.600. The zero-order valence-corrected chi connectivity index (χ0v) is 17.0. The third-order valence-corrected chi connectivity index (χ3v) is 7.72. The van der Waals surface area contributed by atoms with Gasteiger partial charge in [-0.25, -0.2) is 4.79 Å². The van der Waals surface area contributed by atoms with Gasteiger partial charge in [-0.2, -0.15) is 0 Å². The average molecular weight is 402 g/mol. The van der Waals surface area contributed by atoms with Crippen LogP contribution in [0.15, 0.2) is 29.2 Å². The fraction of sp³-hybridized carbons (Fsp3) is 0.571. The zero-order valence-electron chi connectivity index (χ0n) is 16.2. The number of nitrogens with one attached hydrogen (secondary N) is 2. The number of piperidine rings is 1. The molecule has 1 aliphatic carbocycles. The largest absolute Gasteiger partial charge is 0.338 e. The van der Waals surface area contributed by atoms with Crippen molar-refractivity contribution in [3.05, 3.63) is 29.8 Å². The second kappa shape index (κ2) is 7.78. The van der Waals surface area contributed by atoms with E-state index in [2.05, 4.69) is 10.6 Å². The van der Waals surface area contributed by atoms with E-state index >= 15 is 0 Å². The molecule has 7 heteroatoms. The van der Waals surface area contributed by atoms with E-state index in [1.165, 1.54) is 37.4 Å². The molecule has 150 valence electrons. The van der Waals surface area contributed by atoms with E-state index in [-0.39, 0.29) is 11.8 Å². The zero-order chi connectivity index (χ0) is 19.7. The molecule has 1 aromatic rings. The van der Waals surface area contributed by atoms with Crippen LogP contribution in [0.3, 0.4) is 0 Å². The van der Waals surface area contributed by atoms with E-state index in [1.54, 1.807) is 6.92 Å². The molecule has 0 unspecified atom stereocenters. The Morgan fingerprint density at radius 3 is 2.68 bits per heavy atom. The number of hydrogen-bond donors (Lipinski definition) is 2. The molecule has 6 nitrogen and oxygen atoms in total. The predicted molar refractivity (Wildman–Crippen MR) is 108 cm³/mol. The maximum Gasteiger partial charge on any atom is 0.322 e. The predicted octanol–water partition coefficient (Wildman–Crippen LogP) is 3.03. The summed E-state index contributed by atoms with van der Waals surface area (Å²) in [4.78, 5) is 39.6. The van der Waals surface area contributed by atoms with Crippen LogP contribution in [0, 0.1) is 11.8 Å². The summed E-state index contributed by atoms with van der Waals surface area (Å²) in [5.41, 5.74) is -0.270. The lowest BCUT2D eigenvalue weighted by Gasteiger charge is -2.41. The molecule has 2 heterocycles. The summed E-state index contributed by atoms with van der Waals surface area (Å²) < 4.78 is 0. The van der Waals surface area contributed by atoms with E-state index in [1.807, 2.05) is 29.2 Å². The van der Waals surface area contributed by atoms with E-state index in [4.69, 9.17) is 0 Å². The first-order valence-corrected chi connectivity index (χ1v) is 11.1. The van der Waals surface area contributed by atoms with Gasteiger partial charge in [-0.3, -0.25) is 14.9 Å². The summed E-state index contributed by atoms with van der Waals surface area (Å²) in [5.74, 6) is 1.55. The smallest absolute Gasteiger partial charge is 0.322 e. The number of benzene rings is 1. The van der Waals surface area contributed by atoms with Crippen LogP contribution in [-0.4, -0.2) is 47.1 Å². The summed E-state index contributed by atoms with van der Waals surface area (Å²) >= 11 is 1.44. The van der Waals surface area contributed by atoms with Crippen molar-refractivity contribution < 1.29 is 14.4 Å². The molecule has 0 radical (unpaired) electrons. The fourth-order valence-electron chi connectivity index (χ4n) is 4.63. The van der Waals surface area contributed by atoms with Gasteiger partial charge in [0.2, 0.25) is 0 Å². The number of fused-ring (bicyclic) bond motifs is 1. The number of amides is 4. The average Bonchev–Trinajstić information content (AvgIpc) is 2.97. The minimum Gasteiger partial charge on any atom is -0.338 e. The van der Waals surface area contributed by atoms with Crippen LogP contribution in [0.5, 0.6) is 0 Å². The van der Waals surface area contributed by atoms with Gasteiger partial charge in [0.1, 0.15) is 5.54 Å². The molecule has 0 aromatic heterocycles. The van der Waals surface area contributed by atoms with Crippen LogP contribution in [0.4, 0.5) is 4.79 Å². The van der Waals surface area contributed by atoms with E-state index in [0.29, 0.717) is 17.2 Å². The first-order valence-electron chi connectivity index (χ1n) is 10.1. The second-order valence-electron chi connectivity index (χ2n) is 8.37. The third-order valence-electron chi connectivity index (χ3n) is 6.33. The van der Waals surface area contributed by atoms with Crippen molar-refractivity contribution in [2.75, 3.05) is 18.8 Å². The Morgan fingerprint density at radius 2 is 1.93 bits per heavy atom. The monoisotopic (exact) mass is 401 g/mol. The van der Waals surface area contributed by atoms with Crippen LogP contribution in [0.2, 0.25) is 0 Å². The normalized spacial score (nSPS) is 29.8. The van der Waals surface area contributed by atoms with Crippen molar-refractivity contribution in [3.8, 4) is 0 Å². The lowest BCUT2D eigenvalue weighted by Crippen LogP contribution is -2.46. The van der Waals surface area contributed by atoms with Gasteiger partial charge in [-0.1, -0.05) is 31.4 Å². The number of likely N-dealkylation sites (tertiary alicyclic amines) is 1. The summed E-state index contributed by atoms with van der Waals surface area (Å²) in [5, 5.41) is 4.96. The molecule has 3 aliphatic rings. The molecule has 4 amide bonds. The Balaban J connectivity index is 1.46. The van der Waals surface area contributed by atoms with Gasteiger partial charge in [-0.05, 0) is 43.7 Å². The number of thioether (sulfide) groups is 1. The molecule has 3 fully saturated rings. The minimum absolute atomic E-state index is 0.0807. The molecule has 0 spiro atoms. The Hall–Kier alpha value is -2.02. The molecule has 1 aromatic carbocycles. The molecule has 1 saturated carbocycles. The van der Waals surface area contributed by atoms with E-state index < -0.39 is 11.6 Å². The van der Waals surface area contributed by atoms with Crippen molar-refractivity contribution in [3.63, 3.8) is 0 Å². The Labute approximate surface area is 169 Å². The minimum atomic E-state index is -0.960. The van der Waals surface area contributed by atoms with Crippen molar-refractivity contribution in [2.45, 2.75) is 49.5 Å². The van der Waals surface area contributed by atoms with Gasteiger partial charge in [0.15, 0.2) is 0 Å². The number of urea groups is 1. The molecule has 2 saturated heterocycles. The lowest BCUT2D eigenvalue weighted by molar-refractivity contribution is -0.122. The molecule has 0 bridgehead atoms. The molecule has 28 heavy (non-hydrogen) atoms. The lowest BCUT2D eigenvalue weighted by atomic mass is 9.75. The van der Waals surface area contributed by atoms with Crippen LogP contribution < -0.4 is 10.6 Å². The van der Waals surface area contributed by atoms with Gasteiger partial charge < -0.3 is 10.2 Å². The highest BCUT2D eigenvalue weighted by Gasteiger charge is 2.42. The Morgan fingerprint density at radius 1 is 1.18 bits per heavy atom. The van der Waals surface area contributed by atoms with Crippen molar-refractivity contribution in [2.24, 2.45) is 11.8 Å². The maximum absolute atomic E-state index is 13.3. The van der Waals surface area contributed by atoms with Crippen LogP contribution in [0.1, 0.15) is 49.4 Å². The number of imide groups is 1. The molecule has 4 rings (SSSR count). The molecule has 2 N–H and O–H groups in total. The molecule has 3 atom stereocenters. The van der Waals surface area contributed by atoms with Gasteiger partial charge in [0.05, 0.1) is 5.56 Å². The number of carbonyl (C=O) groups excluding carboxylic acids is 3. The van der Waals surface area contributed by atoms with E-state index in [0.717, 1.165) is 30.3 Å². The first-order chi connectivity index (χ1) is 13.5. The third kappa shape index (κ3) is 3.77. The van der Waals surface area contributed by atoms with Crippen molar-refractivity contribution in [1.82, 2.24) is 15.5 Å². The van der Waals surface area contributed by atoms with Gasteiger partial charge in [0, 0.05) is 23.7 Å². The van der Waals surface area contributed by atoms with Crippen LogP contribution in [0.25, 0.3) is 0 Å². The highest BCUT2D eigenvalue weighted by molar-refractivity contribution is 7.99. The number of nitrogens with zero attached hydrogens (tertiary/aromatic N) is 1. The Kier molecular flexibility index (Phi) is 5.36.